The maximum absolute atomic E-state index is 6.28. The van der Waals surface area contributed by atoms with Crippen LogP contribution in [-0.4, -0.2) is 9.59 Å². The van der Waals surface area contributed by atoms with Crippen LogP contribution in [0.2, 0.25) is 0 Å². The molecule has 0 bridgehead atoms. The van der Waals surface area contributed by atoms with Crippen LogP contribution in [-0.2, 0) is 6.42 Å². The molecule has 2 rings (SSSR count). The third kappa shape index (κ3) is 2.80. The summed E-state index contributed by atoms with van der Waals surface area (Å²) in [7, 11) is 0. The Kier molecular flexibility index (Phi) is 4.29. The molecule has 4 heteroatoms. The third-order valence-corrected chi connectivity index (χ3v) is 4.37. The minimum atomic E-state index is 0.171. The molecule has 1 aliphatic carbocycles. The number of nitrogens with two attached hydrogens (primary N) is 1. The summed E-state index contributed by atoms with van der Waals surface area (Å²) < 4.78 is 4.05. The van der Waals surface area contributed by atoms with E-state index >= 15 is 0 Å². The van der Waals surface area contributed by atoms with Crippen molar-refractivity contribution in [1.29, 1.82) is 0 Å². The Bertz CT molecular complexity index is 318. The lowest BCUT2D eigenvalue weighted by Gasteiger charge is -2.15. The zero-order valence-electron chi connectivity index (χ0n) is 9.98. The van der Waals surface area contributed by atoms with Gasteiger partial charge in [0.25, 0.3) is 0 Å². The smallest absolute Gasteiger partial charge is 0.0803 e. The van der Waals surface area contributed by atoms with Crippen LogP contribution < -0.4 is 5.73 Å². The first-order valence-electron chi connectivity index (χ1n) is 6.38. The van der Waals surface area contributed by atoms with Gasteiger partial charge in [-0.05, 0) is 30.3 Å². The van der Waals surface area contributed by atoms with Crippen LogP contribution in [0.15, 0.2) is 0 Å². The molecule has 1 saturated carbocycles. The van der Waals surface area contributed by atoms with Crippen LogP contribution in [0.25, 0.3) is 0 Å². The molecule has 0 saturated heterocycles. The van der Waals surface area contributed by atoms with E-state index in [0.29, 0.717) is 0 Å². The Morgan fingerprint density at radius 3 is 2.88 bits per heavy atom. The lowest BCUT2D eigenvalue weighted by Crippen LogP contribution is -2.14. The highest BCUT2D eigenvalue weighted by Crippen LogP contribution is 2.33. The first kappa shape index (κ1) is 12.0. The average Bonchev–Trinajstić information content (AvgIpc) is 2.89. The van der Waals surface area contributed by atoms with Crippen LogP contribution in [0.1, 0.15) is 62.1 Å². The summed E-state index contributed by atoms with van der Waals surface area (Å²) in [6.45, 7) is 2.17. The van der Waals surface area contributed by atoms with Gasteiger partial charge in [-0.15, -0.1) is 5.10 Å². The largest absolute Gasteiger partial charge is 0.323 e. The molecular weight excluding hydrogens is 218 g/mol. The Morgan fingerprint density at radius 2 is 2.19 bits per heavy atom. The van der Waals surface area contributed by atoms with Gasteiger partial charge < -0.3 is 5.73 Å². The Morgan fingerprint density at radius 1 is 1.44 bits per heavy atom. The molecule has 90 valence electrons. The lowest BCUT2D eigenvalue weighted by molar-refractivity contribution is 0.452. The van der Waals surface area contributed by atoms with Gasteiger partial charge in [-0.2, -0.15) is 0 Å². The highest BCUT2D eigenvalue weighted by atomic mass is 32.1. The van der Waals surface area contributed by atoms with Gasteiger partial charge in [0.1, 0.15) is 0 Å². The molecule has 0 aliphatic heterocycles. The fourth-order valence-corrected chi connectivity index (χ4v) is 3.33. The van der Waals surface area contributed by atoms with Crippen LogP contribution in [0.5, 0.6) is 0 Å². The zero-order chi connectivity index (χ0) is 11.4. The lowest BCUT2D eigenvalue weighted by atomic mass is 9.97. The van der Waals surface area contributed by atoms with E-state index < -0.39 is 0 Å². The Labute approximate surface area is 102 Å². The van der Waals surface area contributed by atoms with Crippen molar-refractivity contribution in [2.24, 2.45) is 11.7 Å². The number of hydrogen-bond donors (Lipinski definition) is 1. The number of aromatic nitrogens is 2. The molecule has 1 aromatic rings. The van der Waals surface area contributed by atoms with Gasteiger partial charge in [0.2, 0.25) is 0 Å². The molecule has 16 heavy (non-hydrogen) atoms. The quantitative estimate of drug-likeness (QED) is 0.859. The number of aryl methyl sites for hydroxylation is 1. The molecule has 0 radical (unpaired) electrons. The molecule has 1 aliphatic rings. The molecule has 1 aromatic heterocycles. The second-order valence-corrected chi connectivity index (χ2v) is 5.61. The predicted molar refractivity (Wildman–Crippen MR) is 67.4 cm³/mol. The van der Waals surface area contributed by atoms with Crippen molar-refractivity contribution < 1.29 is 0 Å². The van der Waals surface area contributed by atoms with Crippen molar-refractivity contribution in [1.82, 2.24) is 9.59 Å². The summed E-state index contributed by atoms with van der Waals surface area (Å²) in [6, 6.07) is 0.171. The van der Waals surface area contributed by atoms with Crippen LogP contribution in [0.3, 0.4) is 0 Å². The minimum Gasteiger partial charge on any atom is -0.323 e. The molecule has 1 unspecified atom stereocenters. The van der Waals surface area contributed by atoms with Crippen molar-refractivity contribution in [2.45, 2.75) is 57.9 Å². The second-order valence-electron chi connectivity index (χ2n) is 4.83. The molecule has 1 heterocycles. The van der Waals surface area contributed by atoms with Crippen LogP contribution in [0, 0.1) is 5.92 Å². The first-order valence-corrected chi connectivity index (χ1v) is 7.15. The molecule has 1 atom stereocenters. The van der Waals surface area contributed by atoms with Crippen molar-refractivity contribution in [2.75, 3.05) is 0 Å². The SMILES string of the molecule is CCCc1nnsc1C(N)CC1CCCC1. The van der Waals surface area contributed by atoms with Gasteiger partial charge in [0.15, 0.2) is 0 Å². The van der Waals surface area contributed by atoms with E-state index in [0.717, 1.165) is 30.9 Å². The molecule has 3 nitrogen and oxygen atoms in total. The van der Waals surface area contributed by atoms with Crippen molar-refractivity contribution in [3.8, 4) is 0 Å². The van der Waals surface area contributed by atoms with Gasteiger partial charge in [-0.25, -0.2) is 0 Å². The van der Waals surface area contributed by atoms with Gasteiger partial charge in [-0.3, -0.25) is 0 Å². The topological polar surface area (TPSA) is 51.8 Å². The van der Waals surface area contributed by atoms with Crippen LogP contribution >= 0.6 is 11.5 Å². The summed E-state index contributed by atoms with van der Waals surface area (Å²) in [5.41, 5.74) is 7.42. The van der Waals surface area contributed by atoms with E-state index in [1.807, 2.05) is 0 Å². The van der Waals surface area contributed by atoms with E-state index in [1.54, 1.807) is 0 Å². The van der Waals surface area contributed by atoms with Crippen molar-refractivity contribution in [3.05, 3.63) is 10.6 Å². The molecule has 2 N–H and O–H groups in total. The molecule has 0 spiro atoms. The number of nitrogens with zero attached hydrogens (tertiary/aromatic N) is 2. The summed E-state index contributed by atoms with van der Waals surface area (Å²) in [4.78, 5) is 1.23. The first-order chi connectivity index (χ1) is 7.81. The minimum absolute atomic E-state index is 0.171. The monoisotopic (exact) mass is 239 g/mol. The van der Waals surface area contributed by atoms with Gasteiger partial charge >= 0.3 is 0 Å². The van der Waals surface area contributed by atoms with Crippen molar-refractivity contribution in [3.63, 3.8) is 0 Å². The molecular formula is C12H21N3S. The van der Waals surface area contributed by atoms with E-state index in [2.05, 4.69) is 16.5 Å². The standard InChI is InChI=1S/C12H21N3S/c1-2-5-11-12(16-15-14-11)10(13)8-9-6-3-4-7-9/h9-10H,2-8,13H2,1H3. The Hall–Kier alpha value is -0.480. The van der Waals surface area contributed by atoms with E-state index in [1.165, 1.54) is 42.1 Å². The summed E-state index contributed by atoms with van der Waals surface area (Å²) in [5, 5.41) is 4.19. The second kappa shape index (κ2) is 5.73. The van der Waals surface area contributed by atoms with Crippen LogP contribution in [0.4, 0.5) is 0 Å². The summed E-state index contributed by atoms with van der Waals surface area (Å²) >= 11 is 1.49. The maximum atomic E-state index is 6.28. The number of rotatable bonds is 5. The predicted octanol–water partition coefficient (Wildman–Crippen LogP) is 3.07. The third-order valence-electron chi connectivity index (χ3n) is 3.47. The molecule has 1 fully saturated rings. The van der Waals surface area contributed by atoms with E-state index in [-0.39, 0.29) is 6.04 Å². The van der Waals surface area contributed by atoms with Gasteiger partial charge in [0.05, 0.1) is 10.6 Å². The average molecular weight is 239 g/mol. The highest BCUT2D eigenvalue weighted by molar-refractivity contribution is 7.05. The zero-order valence-corrected chi connectivity index (χ0v) is 10.8. The fraction of sp³-hybridized carbons (Fsp3) is 0.833. The van der Waals surface area contributed by atoms with Gasteiger partial charge in [0, 0.05) is 6.04 Å². The summed E-state index contributed by atoms with van der Waals surface area (Å²) in [6.07, 6.45) is 8.77. The normalized spacial score (nSPS) is 19.1. The number of hydrogen-bond acceptors (Lipinski definition) is 4. The van der Waals surface area contributed by atoms with E-state index in [4.69, 9.17) is 5.73 Å². The maximum Gasteiger partial charge on any atom is 0.0803 e. The summed E-state index contributed by atoms with van der Waals surface area (Å²) in [5.74, 6) is 0.839. The fourth-order valence-electron chi connectivity index (χ4n) is 2.62. The Balaban J connectivity index is 1.96. The highest BCUT2D eigenvalue weighted by Gasteiger charge is 2.22. The van der Waals surface area contributed by atoms with Crippen molar-refractivity contribution >= 4 is 11.5 Å². The molecule has 0 amide bonds. The van der Waals surface area contributed by atoms with Gasteiger partial charge in [-0.1, -0.05) is 43.5 Å². The molecule has 0 aromatic carbocycles. The van der Waals surface area contributed by atoms with E-state index in [9.17, 15) is 0 Å².